The molecule has 1 amide bonds. The molecule has 5 rings (SSSR count). The smallest absolute Gasteiger partial charge is 0.311 e. The molecule has 2 aromatic heterocycles. The fourth-order valence-electron chi connectivity index (χ4n) is 4.52. The highest BCUT2D eigenvalue weighted by Crippen LogP contribution is 2.27. The van der Waals surface area contributed by atoms with Gasteiger partial charge in [-0.2, -0.15) is 0 Å². The van der Waals surface area contributed by atoms with Gasteiger partial charge in [-0.25, -0.2) is 9.36 Å². The highest BCUT2D eigenvalue weighted by molar-refractivity contribution is 7.17. The third-order valence-electron chi connectivity index (χ3n) is 6.05. The summed E-state index contributed by atoms with van der Waals surface area (Å²) in [6, 6.07) is 15.3. The number of aryl methyl sites for hydroxylation is 3. The molecular weight excluding hydrogens is 422 g/mol. The van der Waals surface area contributed by atoms with Gasteiger partial charge in [0, 0.05) is 12.2 Å². The zero-order valence-corrected chi connectivity index (χ0v) is 18.8. The quantitative estimate of drug-likeness (QED) is 0.482. The van der Waals surface area contributed by atoms with Crippen molar-refractivity contribution in [3.05, 3.63) is 91.4 Å². The molecule has 6 nitrogen and oxygen atoms in total. The molecule has 1 aliphatic heterocycles. The lowest BCUT2D eigenvalue weighted by molar-refractivity contribution is -0.119. The second kappa shape index (κ2) is 7.91. The summed E-state index contributed by atoms with van der Waals surface area (Å²) in [4.78, 5) is 41.9. The van der Waals surface area contributed by atoms with Crippen LogP contribution in [0.3, 0.4) is 0 Å². The van der Waals surface area contributed by atoms with E-state index in [1.165, 1.54) is 20.5 Å². The summed E-state index contributed by atoms with van der Waals surface area (Å²) < 4.78 is 3.10. The minimum atomic E-state index is -0.494. The molecule has 0 spiro atoms. The number of aromatic nitrogens is 2. The van der Waals surface area contributed by atoms with E-state index < -0.39 is 5.69 Å². The van der Waals surface area contributed by atoms with E-state index in [9.17, 15) is 14.4 Å². The number of nitrogens with zero attached hydrogens (tertiary/aromatic N) is 3. The van der Waals surface area contributed by atoms with Crippen molar-refractivity contribution in [1.29, 1.82) is 0 Å². The summed E-state index contributed by atoms with van der Waals surface area (Å²) in [5, 5.41) is 1.79. The van der Waals surface area contributed by atoms with Gasteiger partial charge in [-0.3, -0.25) is 14.2 Å². The maximum absolute atomic E-state index is 13.6. The Balaban J connectivity index is 1.64. The van der Waals surface area contributed by atoms with Crippen LogP contribution in [0.4, 0.5) is 5.69 Å². The number of benzene rings is 2. The predicted molar refractivity (Wildman–Crippen MR) is 128 cm³/mol. The van der Waals surface area contributed by atoms with E-state index in [-0.39, 0.29) is 18.0 Å². The summed E-state index contributed by atoms with van der Waals surface area (Å²) in [5.74, 6) is -0.155. The number of anilines is 1. The van der Waals surface area contributed by atoms with Crippen molar-refractivity contribution >= 4 is 33.1 Å². The van der Waals surface area contributed by atoms with Gasteiger partial charge >= 0.3 is 5.69 Å². The van der Waals surface area contributed by atoms with Crippen LogP contribution in [0.1, 0.15) is 23.1 Å². The average molecular weight is 446 g/mol. The molecule has 0 unspecified atom stereocenters. The molecule has 3 heterocycles. The largest absolute Gasteiger partial charge is 0.336 e. The summed E-state index contributed by atoms with van der Waals surface area (Å²) in [6.45, 7) is 4.35. The Hall–Kier alpha value is -3.45. The van der Waals surface area contributed by atoms with E-state index in [0.717, 1.165) is 35.2 Å². The van der Waals surface area contributed by atoms with E-state index in [0.29, 0.717) is 22.4 Å². The number of para-hydroxylation sites is 1. The van der Waals surface area contributed by atoms with Gasteiger partial charge in [-0.05, 0) is 61.4 Å². The monoisotopic (exact) mass is 445 g/mol. The number of amides is 1. The van der Waals surface area contributed by atoms with Gasteiger partial charge in [0.05, 0.1) is 11.2 Å². The zero-order chi connectivity index (χ0) is 22.4. The first-order valence-electron chi connectivity index (χ1n) is 10.6. The van der Waals surface area contributed by atoms with Crippen LogP contribution in [0.25, 0.3) is 15.9 Å². The average Bonchev–Trinajstić information content (AvgIpc) is 3.28. The fraction of sp³-hybridized carbons (Fsp3) is 0.240. The molecule has 32 heavy (non-hydrogen) atoms. The SMILES string of the molecule is Cc1ccc(-n2c(=O)c3sccc3n(CC(=O)N3CCCc4ccccc43)c2=O)c(C)c1. The summed E-state index contributed by atoms with van der Waals surface area (Å²) in [7, 11) is 0. The molecule has 4 aromatic rings. The van der Waals surface area contributed by atoms with Crippen LogP contribution < -0.4 is 16.1 Å². The van der Waals surface area contributed by atoms with Crippen molar-refractivity contribution in [2.75, 3.05) is 11.4 Å². The van der Waals surface area contributed by atoms with E-state index in [2.05, 4.69) is 0 Å². The van der Waals surface area contributed by atoms with Crippen LogP contribution in [0.5, 0.6) is 0 Å². The van der Waals surface area contributed by atoms with E-state index in [1.807, 2.05) is 50.2 Å². The standard InChI is InChI=1S/C25H23N3O3S/c1-16-9-10-19(17(2)14-16)28-24(30)23-21(11-13-32-23)27(25(28)31)15-22(29)26-12-5-7-18-6-3-4-8-20(18)26/h3-4,6,8-11,13-14H,5,7,12,15H2,1-2H3. The van der Waals surface area contributed by atoms with Gasteiger partial charge in [0.15, 0.2) is 0 Å². The first-order chi connectivity index (χ1) is 15.5. The van der Waals surface area contributed by atoms with Crippen LogP contribution in [0.2, 0.25) is 0 Å². The number of carbonyl (C=O) groups excluding carboxylic acids is 1. The van der Waals surface area contributed by atoms with Gasteiger partial charge in [-0.1, -0.05) is 35.9 Å². The van der Waals surface area contributed by atoms with E-state index in [1.54, 1.807) is 22.4 Å². The fourth-order valence-corrected chi connectivity index (χ4v) is 5.35. The third kappa shape index (κ3) is 3.29. The van der Waals surface area contributed by atoms with Gasteiger partial charge < -0.3 is 4.90 Å². The Morgan fingerprint density at radius 2 is 1.84 bits per heavy atom. The molecule has 0 bridgehead atoms. The lowest BCUT2D eigenvalue weighted by atomic mass is 10.0. The third-order valence-corrected chi connectivity index (χ3v) is 6.94. The van der Waals surface area contributed by atoms with Crippen molar-refractivity contribution in [1.82, 2.24) is 9.13 Å². The molecule has 0 radical (unpaired) electrons. The number of fused-ring (bicyclic) bond motifs is 2. The molecule has 0 saturated carbocycles. The normalized spacial score (nSPS) is 13.4. The second-order valence-corrected chi connectivity index (χ2v) is 9.13. The zero-order valence-electron chi connectivity index (χ0n) is 18.0. The molecule has 7 heteroatoms. The molecule has 162 valence electrons. The summed E-state index contributed by atoms with van der Waals surface area (Å²) in [6.07, 6.45) is 1.82. The molecule has 0 atom stereocenters. The molecule has 0 fully saturated rings. The molecule has 0 aliphatic carbocycles. The van der Waals surface area contributed by atoms with Gasteiger partial charge in [0.1, 0.15) is 11.2 Å². The molecule has 0 N–H and O–H groups in total. The highest BCUT2D eigenvalue weighted by atomic mass is 32.1. The van der Waals surface area contributed by atoms with Crippen molar-refractivity contribution in [3.63, 3.8) is 0 Å². The number of carbonyl (C=O) groups is 1. The Morgan fingerprint density at radius 3 is 2.66 bits per heavy atom. The van der Waals surface area contributed by atoms with Crippen LogP contribution in [0.15, 0.2) is 63.5 Å². The van der Waals surface area contributed by atoms with Gasteiger partial charge in [0.25, 0.3) is 5.56 Å². The predicted octanol–water partition coefficient (Wildman–Crippen LogP) is 3.81. The van der Waals surface area contributed by atoms with Gasteiger partial charge in [0.2, 0.25) is 5.91 Å². The minimum Gasteiger partial charge on any atom is -0.311 e. The lowest BCUT2D eigenvalue weighted by Gasteiger charge is -2.29. The van der Waals surface area contributed by atoms with Crippen molar-refractivity contribution in [2.45, 2.75) is 33.2 Å². The molecule has 1 aliphatic rings. The first-order valence-corrected chi connectivity index (χ1v) is 11.5. The van der Waals surface area contributed by atoms with Crippen LogP contribution in [-0.2, 0) is 17.8 Å². The summed E-state index contributed by atoms with van der Waals surface area (Å²) >= 11 is 1.29. The minimum absolute atomic E-state index is 0.119. The van der Waals surface area contributed by atoms with Crippen molar-refractivity contribution in [2.24, 2.45) is 0 Å². The number of hydrogen-bond acceptors (Lipinski definition) is 4. The molecule has 2 aromatic carbocycles. The number of rotatable bonds is 3. The lowest BCUT2D eigenvalue weighted by Crippen LogP contribution is -2.44. The van der Waals surface area contributed by atoms with Gasteiger partial charge in [-0.15, -0.1) is 11.3 Å². The maximum Gasteiger partial charge on any atom is 0.336 e. The molecule has 0 saturated heterocycles. The maximum atomic E-state index is 13.6. The van der Waals surface area contributed by atoms with Crippen molar-refractivity contribution < 1.29 is 4.79 Å². The first kappa shape index (κ1) is 20.5. The Kier molecular flexibility index (Phi) is 5.06. The Morgan fingerprint density at radius 1 is 1.03 bits per heavy atom. The van der Waals surface area contributed by atoms with Crippen LogP contribution >= 0.6 is 11.3 Å². The second-order valence-electron chi connectivity index (χ2n) is 8.21. The number of thiophene rings is 1. The van der Waals surface area contributed by atoms with Crippen molar-refractivity contribution in [3.8, 4) is 5.69 Å². The van der Waals surface area contributed by atoms with Crippen LogP contribution in [0, 0.1) is 13.8 Å². The Labute approximate surface area is 189 Å². The molecular formula is C25H23N3O3S. The van der Waals surface area contributed by atoms with E-state index >= 15 is 0 Å². The summed E-state index contributed by atoms with van der Waals surface area (Å²) in [5.41, 5.74) is 4.14. The highest BCUT2D eigenvalue weighted by Gasteiger charge is 2.25. The number of hydrogen-bond donors (Lipinski definition) is 0. The topological polar surface area (TPSA) is 64.3 Å². The van der Waals surface area contributed by atoms with Crippen LogP contribution in [-0.4, -0.2) is 21.6 Å². The van der Waals surface area contributed by atoms with E-state index in [4.69, 9.17) is 0 Å². The Bertz CT molecular complexity index is 1480.